The average molecular weight is 374 g/mol. The van der Waals surface area contributed by atoms with Crippen molar-refractivity contribution in [2.45, 2.75) is 24.8 Å². The summed E-state index contributed by atoms with van der Waals surface area (Å²) in [6, 6.07) is 4.28. The Morgan fingerprint density at radius 1 is 1.28 bits per heavy atom. The minimum absolute atomic E-state index is 0.0542. The average Bonchev–Trinajstić information content (AvgIpc) is 2.58. The molecule has 0 radical (unpaired) electrons. The lowest BCUT2D eigenvalue weighted by Gasteiger charge is -2.17. The van der Waals surface area contributed by atoms with E-state index in [4.69, 9.17) is 14.2 Å². The van der Waals surface area contributed by atoms with Gasteiger partial charge in [0, 0.05) is 20.7 Å². The first-order valence-electron chi connectivity index (χ1n) is 7.84. The fourth-order valence-electron chi connectivity index (χ4n) is 1.89. The molecule has 9 heteroatoms. The Morgan fingerprint density at radius 3 is 2.52 bits per heavy atom. The summed E-state index contributed by atoms with van der Waals surface area (Å²) < 4.78 is 41.3. The third-order valence-corrected chi connectivity index (χ3v) is 5.19. The number of hydrogen-bond acceptors (Lipinski definition) is 6. The first-order valence-corrected chi connectivity index (χ1v) is 9.28. The molecule has 0 aliphatic carbocycles. The van der Waals surface area contributed by atoms with Gasteiger partial charge in [0.25, 0.3) is 5.91 Å². The number of benzene rings is 1. The fourth-order valence-corrected chi connectivity index (χ4v) is 2.82. The van der Waals surface area contributed by atoms with Crippen molar-refractivity contribution in [3.05, 3.63) is 18.2 Å². The Morgan fingerprint density at radius 2 is 1.96 bits per heavy atom. The maximum Gasteiger partial charge on any atom is 0.253 e. The van der Waals surface area contributed by atoms with Crippen LogP contribution in [0.15, 0.2) is 23.1 Å². The van der Waals surface area contributed by atoms with Gasteiger partial charge in [-0.15, -0.1) is 0 Å². The van der Waals surface area contributed by atoms with Gasteiger partial charge in [-0.2, -0.15) is 0 Å². The van der Waals surface area contributed by atoms with Crippen molar-refractivity contribution in [1.29, 1.82) is 0 Å². The van der Waals surface area contributed by atoms with Crippen LogP contribution in [0.25, 0.3) is 0 Å². The maximum absolute atomic E-state index is 12.2. The first-order chi connectivity index (χ1) is 11.7. The summed E-state index contributed by atoms with van der Waals surface area (Å²) in [4.78, 5) is 12.3. The number of carbonyl (C=O) groups excluding carboxylic acids is 1. The smallest absolute Gasteiger partial charge is 0.253 e. The number of sulfonamides is 1. The zero-order valence-corrected chi connectivity index (χ0v) is 16.1. The molecule has 0 saturated carbocycles. The minimum atomic E-state index is -3.62. The maximum atomic E-state index is 12.2. The van der Waals surface area contributed by atoms with E-state index in [2.05, 4.69) is 5.32 Å². The van der Waals surface area contributed by atoms with E-state index in [1.54, 1.807) is 6.92 Å². The van der Waals surface area contributed by atoms with Crippen LogP contribution in [-0.2, 0) is 24.3 Å². The molecule has 1 aromatic rings. The molecule has 0 saturated heterocycles. The predicted octanol–water partition coefficient (Wildman–Crippen LogP) is 1.33. The summed E-state index contributed by atoms with van der Waals surface area (Å²) in [5.41, 5.74) is 0.260. The van der Waals surface area contributed by atoms with Crippen LogP contribution >= 0.6 is 0 Å². The van der Waals surface area contributed by atoms with Crippen molar-refractivity contribution in [2.24, 2.45) is 0 Å². The van der Waals surface area contributed by atoms with Crippen LogP contribution in [-0.4, -0.2) is 65.8 Å². The topological polar surface area (TPSA) is 94.2 Å². The highest BCUT2D eigenvalue weighted by Gasteiger charge is 2.21. The number of hydrogen-bond donors (Lipinski definition) is 1. The molecule has 0 spiro atoms. The van der Waals surface area contributed by atoms with Gasteiger partial charge < -0.3 is 19.5 Å². The van der Waals surface area contributed by atoms with E-state index in [1.807, 2.05) is 6.92 Å². The van der Waals surface area contributed by atoms with Crippen LogP contribution in [0.3, 0.4) is 0 Å². The second-order valence-electron chi connectivity index (χ2n) is 5.35. The lowest BCUT2D eigenvalue weighted by atomic mass is 10.2. The SMILES string of the molecule is CCOCCOC(C)C(=O)Nc1cc(S(=O)(=O)N(C)C)ccc1OC. The highest BCUT2D eigenvalue weighted by molar-refractivity contribution is 7.89. The Hall–Kier alpha value is -1.68. The highest BCUT2D eigenvalue weighted by atomic mass is 32.2. The molecule has 25 heavy (non-hydrogen) atoms. The molecular formula is C16H26N2O6S. The Bertz CT molecular complexity index is 675. The molecule has 1 N–H and O–H groups in total. The number of anilines is 1. The molecule has 0 heterocycles. The van der Waals surface area contributed by atoms with Gasteiger partial charge in [0.15, 0.2) is 0 Å². The van der Waals surface area contributed by atoms with E-state index >= 15 is 0 Å². The molecule has 8 nitrogen and oxygen atoms in total. The number of amides is 1. The molecule has 142 valence electrons. The number of rotatable bonds is 10. The third kappa shape index (κ3) is 5.96. The molecule has 1 amide bonds. The summed E-state index contributed by atoms with van der Waals surface area (Å²) >= 11 is 0. The van der Waals surface area contributed by atoms with Gasteiger partial charge in [-0.3, -0.25) is 4.79 Å². The Balaban J connectivity index is 2.90. The number of nitrogens with zero attached hydrogens (tertiary/aromatic N) is 1. The molecule has 0 aliphatic heterocycles. The van der Waals surface area contributed by atoms with Crippen molar-refractivity contribution in [3.8, 4) is 5.75 Å². The van der Waals surface area contributed by atoms with Crippen LogP contribution in [0.2, 0.25) is 0 Å². The molecule has 1 unspecified atom stereocenters. The number of methoxy groups -OCH3 is 1. The monoisotopic (exact) mass is 374 g/mol. The molecule has 0 bridgehead atoms. The summed E-state index contributed by atoms with van der Waals surface area (Å²) in [5, 5.41) is 2.64. The van der Waals surface area contributed by atoms with Crippen molar-refractivity contribution in [2.75, 3.05) is 46.3 Å². The van der Waals surface area contributed by atoms with Crippen molar-refractivity contribution < 1.29 is 27.4 Å². The summed E-state index contributed by atoms with van der Waals surface area (Å²) in [6.07, 6.45) is -0.723. The molecule has 0 aromatic heterocycles. The second kappa shape index (κ2) is 9.71. The first kappa shape index (κ1) is 21.4. The van der Waals surface area contributed by atoms with Gasteiger partial charge in [0.05, 0.1) is 30.9 Å². The third-order valence-electron chi connectivity index (χ3n) is 3.38. The zero-order chi connectivity index (χ0) is 19.0. The Labute approximate surface area is 149 Å². The van der Waals surface area contributed by atoms with E-state index in [-0.39, 0.29) is 17.2 Å². The van der Waals surface area contributed by atoms with E-state index in [0.717, 1.165) is 4.31 Å². The predicted molar refractivity (Wildman–Crippen MR) is 94.4 cm³/mol. The van der Waals surface area contributed by atoms with Gasteiger partial charge in [-0.1, -0.05) is 0 Å². The van der Waals surface area contributed by atoms with Gasteiger partial charge >= 0.3 is 0 Å². The standard InChI is InChI=1S/C16H26N2O6S/c1-6-23-9-10-24-12(2)16(19)17-14-11-13(7-8-15(14)22-5)25(20,21)18(3)4/h7-8,11-12H,6,9-10H2,1-5H3,(H,17,19). The van der Waals surface area contributed by atoms with Gasteiger partial charge in [0.1, 0.15) is 11.9 Å². The lowest BCUT2D eigenvalue weighted by molar-refractivity contribution is -0.127. The summed E-state index contributed by atoms with van der Waals surface area (Å²) in [6.45, 7) is 4.74. The number of nitrogens with one attached hydrogen (secondary N) is 1. The largest absolute Gasteiger partial charge is 0.495 e. The summed E-state index contributed by atoms with van der Waals surface area (Å²) in [7, 11) is 0.689. The van der Waals surface area contributed by atoms with Gasteiger partial charge in [0.2, 0.25) is 10.0 Å². The molecule has 0 fully saturated rings. The van der Waals surface area contributed by atoms with Crippen LogP contribution < -0.4 is 10.1 Å². The Kier molecular flexibility index (Phi) is 8.30. The highest BCUT2D eigenvalue weighted by Crippen LogP contribution is 2.28. The van der Waals surface area contributed by atoms with Crippen LogP contribution in [0.5, 0.6) is 5.75 Å². The fraction of sp³-hybridized carbons (Fsp3) is 0.562. The molecule has 1 aromatic carbocycles. The van der Waals surface area contributed by atoms with Crippen molar-refractivity contribution in [1.82, 2.24) is 4.31 Å². The van der Waals surface area contributed by atoms with E-state index < -0.39 is 22.0 Å². The zero-order valence-electron chi connectivity index (χ0n) is 15.2. The number of ether oxygens (including phenoxy) is 3. The van der Waals surface area contributed by atoms with Gasteiger partial charge in [-0.25, -0.2) is 12.7 Å². The van der Waals surface area contributed by atoms with E-state index in [1.165, 1.54) is 39.4 Å². The van der Waals surface area contributed by atoms with E-state index in [0.29, 0.717) is 19.0 Å². The molecule has 0 aliphatic rings. The number of carbonyl (C=O) groups is 1. The van der Waals surface area contributed by atoms with E-state index in [9.17, 15) is 13.2 Å². The normalized spacial score (nSPS) is 12.9. The molecular weight excluding hydrogens is 348 g/mol. The summed E-state index contributed by atoms with van der Waals surface area (Å²) in [5.74, 6) is -0.0539. The quantitative estimate of drug-likeness (QED) is 0.621. The lowest BCUT2D eigenvalue weighted by Crippen LogP contribution is -2.29. The van der Waals surface area contributed by atoms with Gasteiger partial charge in [-0.05, 0) is 32.0 Å². The minimum Gasteiger partial charge on any atom is -0.495 e. The molecule has 1 atom stereocenters. The van der Waals surface area contributed by atoms with Crippen LogP contribution in [0, 0.1) is 0 Å². The van der Waals surface area contributed by atoms with Crippen molar-refractivity contribution in [3.63, 3.8) is 0 Å². The molecule has 1 rings (SSSR count). The van der Waals surface area contributed by atoms with Crippen molar-refractivity contribution >= 4 is 21.6 Å². The van der Waals surface area contributed by atoms with Crippen LogP contribution in [0.4, 0.5) is 5.69 Å². The van der Waals surface area contributed by atoms with Crippen LogP contribution in [0.1, 0.15) is 13.8 Å². The second-order valence-corrected chi connectivity index (χ2v) is 7.50.